The lowest BCUT2D eigenvalue weighted by Gasteiger charge is -2.35. The van der Waals surface area contributed by atoms with Crippen LogP contribution in [0.15, 0.2) is 0 Å². The fourth-order valence-corrected chi connectivity index (χ4v) is 3.74. The Balaban J connectivity index is 1.55. The van der Waals surface area contributed by atoms with Gasteiger partial charge in [-0.25, -0.2) is 0 Å². The summed E-state index contributed by atoms with van der Waals surface area (Å²) in [7, 11) is 0. The molecule has 4 heteroatoms. The molecular formula is C16H25NO3. The third kappa shape index (κ3) is 3.33. The minimum absolute atomic E-state index is 0.237. The summed E-state index contributed by atoms with van der Waals surface area (Å²) in [5.41, 5.74) is 0. The Morgan fingerprint density at radius 1 is 1.10 bits per heavy atom. The molecule has 1 heterocycles. The molecule has 1 saturated heterocycles. The van der Waals surface area contributed by atoms with E-state index in [9.17, 15) is 9.59 Å². The molecule has 1 N–H and O–H groups in total. The predicted molar refractivity (Wildman–Crippen MR) is 75.1 cm³/mol. The Morgan fingerprint density at radius 3 is 2.30 bits per heavy atom. The SMILES string of the molecule is O=C(O)CCC1CCCN(C(=O)C(C2CC2)C2CC2)C1. The van der Waals surface area contributed by atoms with Gasteiger partial charge < -0.3 is 10.0 Å². The van der Waals surface area contributed by atoms with Crippen molar-refractivity contribution in [2.75, 3.05) is 13.1 Å². The van der Waals surface area contributed by atoms with E-state index in [4.69, 9.17) is 5.11 Å². The standard InChI is InChI=1S/C16H25NO3/c18-14(19)8-3-11-2-1-9-17(10-11)16(20)15(12-4-5-12)13-6-7-13/h11-13,15H,1-10H2,(H,18,19). The zero-order chi connectivity index (χ0) is 14.1. The zero-order valence-electron chi connectivity index (χ0n) is 12.1. The lowest BCUT2D eigenvalue weighted by Crippen LogP contribution is -2.44. The van der Waals surface area contributed by atoms with Crippen molar-refractivity contribution in [1.29, 1.82) is 0 Å². The van der Waals surface area contributed by atoms with E-state index in [-0.39, 0.29) is 6.42 Å². The number of carboxylic acids is 1. The van der Waals surface area contributed by atoms with Crippen molar-refractivity contribution < 1.29 is 14.7 Å². The van der Waals surface area contributed by atoms with Gasteiger partial charge in [-0.05, 0) is 62.7 Å². The maximum Gasteiger partial charge on any atom is 0.303 e. The van der Waals surface area contributed by atoms with E-state index in [1.165, 1.54) is 25.7 Å². The third-order valence-corrected chi connectivity index (χ3v) is 5.14. The molecule has 3 rings (SSSR count). The molecule has 4 nitrogen and oxygen atoms in total. The average Bonchev–Trinajstić information content (AvgIpc) is 3.31. The van der Waals surface area contributed by atoms with E-state index in [0.717, 1.165) is 32.4 Å². The number of amides is 1. The van der Waals surface area contributed by atoms with Crippen molar-refractivity contribution in [1.82, 2.24) is 4.90 Å². The molecule has 0 radical (unpaired) electrons. The normalized spacial score (nSPS) is 26.9. The topological polar surface area (TPSA) is 57.6 Å². The van der Waals surface area contributed by atoms with E-state index in [2.05, 4.69) is 4.90 Å². The first-order chi connectivity index (χ1) is 9.65. The molecule has 0 aromatic carbocycles. The molecule has 1 atom stereocenters. The van der Waals surface area contributed by atoms with Gasteiger partial charge >= 0.3 is 5.97 Å². The molecule has 3 fully saturated rings. The van der Waals surface area contributed by atoms with Crippen LogP contribution in [0.1, 0.15) is 51.4 Å². The molecule has 3 aliphatic rings. The van der Waals surface area contributed by atoms with Crippen LogP contribution in [0.2, 0.25) is 0 Å². The number of aliphatic carboxylic acids is 1. The molecular weight excluding hydrogens is 254 g/mol. The first-order valence-corrected chi connectivity index (χ1v) is 8.15. The van der Waals surface area contributed by atoms with Gasteiger partial charge in [0.25, 0.3) is 0 Å². The van der Waals surface area contributed by atoms with Crippen LogP contribution in [0.4, 0.5) is 0 Å². The zero-order valence-corrected chi connectivity index (χ0v) is 12.1. The minimum atomic E-state index is -0.720. The molecule has 20 heavy (non-hydrogen) atoms. The molecule has 2 aliphatic carbocycles. The third-order valence-electron chi connectivity index (χ3n) is 5.14. The largest absolute Gasteiger partial charge is 0.481 e. The monoisotopic (exact) mass is 279 g/mol. The number of rotatable bonds is 6. The Kier molecular flexibility index (Phi) is 3.99. The van der Waals surface area contributed by atoms with E-state index in [1.54, 1.807) is 0 Å². The quantitative estimate of drug-likeness (QED) is 0.813. The maximum atomic E-state index is 12.8. The number of carboxylic acid groups (broad SMARTS) is 1. The molecule has 0 bridgehead atoms. The number of likely N-dealkylation sites (tertiary alicyclic amines) is 1. The Labute approximate surface area is 120 Å². The Hall–Kier alpha value is -1.06. The van der Waals surface area contributed by atoms with Crippen molar-refractivity contribution in [3.8, 4) is 0 Å². The summed E-state index contributed by atoms with van der Waals surface area (Å²) in [5, 5.41) is 8.79. The fraction of sp³-hybridized carbons (Fsp3) is 0.875. The van der Waals surface area contributed by atoms with Crippen molar-refractivity contribution in [3.63, 3.8) is 0 Å². The van der Waals surface area contributed by atoms with Gasteiger partial charge in [0.15, 0.2) is 0 Å². The van der Waals surface area contributed by atoms with Crippen LogP contribution in [0.25, 0.3) is 0 Å². The van der Waals surface area contributed by atoms with Gasteiger partial charge in [0, 0.05) is 25.4 Å². The predicted octanol–water partition coefficient (Wildman–Crippen LogP) is 2.53. The molecule has 0 aromatic rings. The highest BCUT2D eigenvalue weighted by atomic mass is 16.4. The van der Waals surface area contributed by atoms with Crippen LogP contribution in [0, 0.1) is 23.7 Å². The number of nitrogens with zero attached hydrogens (tertiary/aromatic N) is 1. The van der Waals surface area contributed by atoms with Gasteiger partial charge in [-0.1, -0.05) is 0 Å². The number of hydrogen-bond donors (Lipinski definition) is 1. The summed E-state index contributed by atoms with van der Waals surface area (Å²) in [4.78, 5) is 25.5. The van der Waals surface area contributed by atoms with Crippen LogP contribution in [-0.2, 0) is 9.59 Å². The lowest BCUT2D eigenvalue weighted by atomic mass is 9.90. The number of piperidine rings is 1. The molecule has 112 valence electrons. The summed E-state index contributed by atoms with van der Waals surface area (Å²) in [6.07, 6.45) is 8.03. The summed E-state index contributed by atoms with van der Waals surface area (Å²) in [5.74, 6) is 1.68. The fourth-order valence-electron chi connectivity index (χ4n) is 3.74. The molecule has 0 aromatic heterocycles. The minimum Gasteiger partial charge on any atom is -0.481 e. The first-order valence-electron chi connectivity index (χ1n) is 8.15. The van der Waals surface area contributed by atoms with Crippen LogP contribution in [0.3, 0.4) is 0 Å². The van der Waals surface area contributed by atoms with Crippen molar-refractivity contribution >= 4 is 11.9 Å². The first kappa shape index (κ1) is 13.9. The molecule has 1 unspecified atom stereocenters. The Morgan fingerprint density at radius 2 is 1.75 bits per heavy atom. The van der Waals surface area contributed by atoms with Crippen LogP contribution >= 0.6 is 0 Å². The van der Waals surface area contributed by atoms with Gasteiger partial charge in [-0.15, -0.1) is 0 Å². The lowest BCUT2D eigenvalue weighted by molar-refractivity contribution is -0.139. The van der Waals surface area contributed by atoms with Crippen molar-refractivity contribution in [3.05, 3.63) is 0 Å². The van der Waals surface area contributed by atoms with Crippen LogP contribution < -0.4 is 0 Å². The second kappa shape index (κ2) is 5.74. The highest BCUT2D eigenvalue weighted by molar-refractivity contribution is 5.80. The number of hydrogen-bond acceptors (Lipinski definition) is 2. The summed E-state index contributed by atoms with van der Waals surface area (Å²) < 4.78 is 0. The van der Waals surface area contributed by atoms with E-state index in [1.807, 2.05) is 0 Å². The maximum absolute atomic E-state index is 12.8. The second-order valence-electron chi connectivity index (χ2n) is 6.93. The molecule has 1 aliphatic heterocycles. The molecule has 2 saturated carbocycles. The van der Waals surface area contributed by atoms with E-state index < -0.39 is 5.97 Å². The van der Waals surface area contributed by atoms with Gasteiger partial charge in [0.1, 0.15) is 0 Å². The van der Waals surface area contributed by atoms with Gasteiger partial charge in [-0.3, -0.25) is 9.59 Å². The summed E-state index contributed by atoms with van der Waals surface area (Å²) >= 11 is 0. The highest BCUT2D eigenvalue weighted by Crippen LogP contribution is 2.50. The van der Waals surface area contributed by atoms with Crippen molar-refractivity contribution in [2.24, 2.45) is 23.7 Å². The van der Waals surface area contributed by atoms with Crippen LogP contribution in [0.5, 0.6) is 0 Å². The van der Waals surface area contributed by atoms with Gasteiger partial charge in [0.2, 0.25) is 5.91 Å². The summed E-state index contributed by atoms with van der Waals surface area (Å²) in [6, 6.07) is 0. The second-order valence-corrected chi connectivity index (χ2v) is 6.93. The van der Waals surface area contributed by atoms with Gasteiger partial charge in [-0.2, -0.15) is 0 Å². The molecule has 1 amide bonds. The van der Waals surface area contributed by atoms with E-state index >= 15 is 0 Å². The van der Waals surface area contributed by atoms with Crippen LogP contribution in [-0.4, -0.2) is 35.0 Å². The smallest absolute Gasteiger partial charge is 0.303 e. The molecule has 0 spiro atoms. The highest BCUT2D eigenvalue weighted by Gasteiger charge is 2.47. The van der Waals surface area contributed by atoms with Gasteiger partial charge in [0.05, 0.1) is 0 Å². The summed E-state index contributed by atoms with van der Waals surface area (Å²) in [6.45, 7) is 1.68. The Bertz CT molecular complexity index is 375. The average molecular weight is 279 g/mol. The number of carbonyl (C=O) groups excluding carboxylic acids is 1. The number of carbonyl (C=O) groups is 2. The van der Waals surface area contributed by atoms with Crippen molar-refractivity contribution in [2.45, 2.75) is 51.4 Å². The van der Waals surface area contributed by atoms with E-state index in [0.29, 0.717) is 29.6 Å².